The Morgan fingerprint density at radius 1 is 1.03 bits per heavy atom. The minimum atomic E-state index is -3.52. The van der Waals surface area contributed by atoms with Gasteiger partial charge in [-0.3, -0.25) is 19.3 Å². The summed E-state index contributed by atoms with van der Waals surface area (Å²) in [4.78, 5) is 36.5. The van der Waals surface area contributed by atoms with Crippen molar-refractivity contribution in [1.29, 1.82) is 0 Å². The van der Waals surface area contributed by atoms with E-state index in [9.17, 15) is 22.8 Å². The average molecular weight is 438 g/mol. The fourth-order valence-electron chi connectivity index (χ4n) is 3.45. The quantitative estimate of drug-likeness (QED) is 0.439. The molecule has 164 valence electrons. The number of rotatable bonds is 9. The number of aryl methyl sites for hydroxylation is 1. The molecular weight excluding hydrogens is 410 g/mol. The lowest BCUT2D eigenvalue weighted by Crippen LogP contribution is -2.40. The zero-order chi connectivity index (χ0) is 21.6. The first-order chi connectivity index (χ1) is 14.4. The lowest BCUT2D eigenvalue weighted by Gasteiger charge is -2.26. The lowest BCUT2D eigenvalue weighted by atomic mass is 10.1. The van der Waals surface area contributed by atoms with Gasteiger partial charge in [-0.25, -0.2) is 8.42 Å². The molecule has 30 heavy (non-hydrogen) atoms. The number of hydrogen-bond acceptors (Lipinski definition) is 6. The molecule has 3 amide bonds. The summed E-state index contributed by atoms with van der Waals surface area (Å²) >= 11 is 0. The van der Waals surface area contributed by atoms with Gasteiger partial charge in [0.1, 0.15) is 0 Å². The largest absolute Gasteiger partial charge is 0.379 e. The predicted molar refractivity (Wildman–Crippen MR) is 108 cm³/mol. The van der Waals surface area contributed by atoms with E-state index in [1.165, 1.54) is 9.21 Å². The third kappa shape index (κ3) is 5.65. The van der Waals surface area contributed by atoms with Gasteiger partial charge in [0.2, 0.25) is 27.7 Å². The number of benzene rings is 1. The molecule has 0 unspecified atom stereocenters. The molecular formula is C20H27N3O6S. The number of carbonyl (C=O) groups excluding carboxylic acids is 3. The molecule has 10 heteroatoms. The van der Waals surface area contributed by atoms with Crippen molar-refractivity contribution < 1.29 is 27.5 Å². The third-order valence-corrected chi connectivity index (χ3v) is 7.12. The minimum Gasteiger partial charge on any atom is -0.379 e. The molecule has 2 aliphatic rings. The number of imide groups is 1. The molecule has 0 aromatic heterocycles. The molecule has 0 saturated carbocycles. The number of amides is 3. The van der Waals surface area contributed by atoms with Crippen LogP contribution in [0.25, 0.3) is 0 Å². The van der Waals surface area contributed by atoms with Crippen molar-refractivity contribution in [2.45, 2.75) is 37.0 Å². The summed E-state index contributed by atoms with van der Waals surface area (Å²) in [5.74, 6) is -0.421. The highest BCUT2D eigenvalue weighted by Gasteiger charge is 2.28. The second kappa shape index (κ2) is 10.1. The molecule has 2 heterocycles. The van der Waals surface area contributed by atoms with Gasteiger partial charge in [0.25, 0.3) is 0 Å². The van der Waals surface area contributed by atoms with Crippen LogP contribution in [-0.2, 0) is 35.6 Å². The highest BCUT2D eigenvalue weighted by atomic mass is 32.2. The fraction of sp³-hybridized carbons (Fsp3) is 0.550. The SMILES string of the molecule is O=C(CCc1ccc(S(=O)(=O)N2CCOCC2)cc1)NCCCN1C(=O)CCC1=O. The van der Waals surface area contributed by atoms with Crippen LogP contribution in [0.2, 0.25) is 0 Å². The Hall–Kier alpha value is -2.30. The smallest absolute Gasteiger partial charge is 0.243 e. The predicted octanol–water partition coefficient (Wildman–Crippen LogP) is 0.295. The maximum atomic E-state index is 12.6. The summed E-state index contributed by atoms with van der Waals surface area (Å²) in [6.45, 7) is 2.23. The molecule has 1 N–H and O–H groups in total. The fourth-order valence-corrected chi connectivity index (χ4v) is 4.86. The summed E-state index contributed by atoms with van der Waals surface area (Å²) in [6.07, 6.45) is 1.84. The van der Waals surface area contributed by atoms with E-state index in [0.717, 1.165) is 5.56 Å². The zero-order valence-electron chi connectivity index (χ0n) is 16.8. The maximum absolute atomic E-state index is 12.6. The van der Waals surface area contributed by atoms with Crippen molar-refractivity contribution >= 4 is 27.7 Å². The summed E-state index contributed by atoms with van der Waals surface area (Å²) in [7, 11) is -3.52. The molecule has 2 saturated heterocycles. The molecule has 1 aromatic carbocycles. The second-order valence-electron chi connectivity index (χ2n) is 7.30. The second-order valence-corrected chi connectivity index (χ2v) is 9.24. The Morgan fingerprint density at radius 2 is 1.67 bits per heavy atom. The maximum Gasteiger partial charge on any atom is 0.243 e. The van der Waals surface area contributed by atoms with Gasteiger partial charge in [-0.15, -0.1) is 0 Å². The van der Waals surface area contributed by atoms with Crippen LogP contribution < -0.4 is 5.32 Å². The molecule has 1 aromatic rings. The van der Waals surface area contributed by atoms with E-state index in [0.29, 0.717) is 52.2 Å². The van der Waals surface area contributed by atoms with Crippen molar-refractivity contribution in [3.05, 3.63) is 29.8 Å². The zero-order valence-corrected chi connectivity index (χ0v) is 17.7. The van der Waals surface area contributed by atoms with Crippen LogP contribution in [0.15, 0.2) is 29.2 Å². The molecule has 0 radical (unpaired) electrons. The Morgan fingerprint density at radius 3 is 2.30 bits per heavy atom. The number of nitrogens with one attached hydrogen (secondary N) is 1. The van der Waals surface area contributed by atoms with E-state index < -0.39 is 10.0 Å². The Labute approximate surface area is 176 Å². The number of nitrogens with zero attached hydrogens (tertiary/aromatic N) is 2. The summed E-state index contributed by atoms with van der Waals surface area (Å²) in [6, 6.07) is 6.60. The van der Waals surface area contributed by atoms with Crippen LogP contribution >= 0.6 is 0 Å². The van der Waals surface area contributed by atoms with Crippen LogP contribution in [0.1, 0.15) is 31.2 Å². The molecule has 0 atom stereocenters. The van der Waals surface area contributed by atoms with Crippen LogP contribution in [0.3, 0.4) is 0 Å². The molecule has 3 rings (SSSR count). The molecule has 0 bridgehead atoms. The topological polar surface area (TPSA) is 113 Å². The molecule has 0 spiro atoms. The monoisotopic (exact) mass is 437 g/mol. The van der Waals surface area contributed by atoms with E-state index in [-0.39, 0.29) is 41.9 Å². The van der Waals surface area contributed by atoms with Crippen LogP contribution in [-0.4, -0.2) is 74.7 Å². The summed E-state index contributed by atoms with van der Waals surface area (Å²) < 4.78 is 31.8. The molecule has 2 fully saturated rings. The van der Waals surface area contributed by atoms with Gasteiger partial charge in [-0.1, -0.05) is 12.1 Å². The Bertz CT molecular complexity index is 862. The van der Waals surface area contributed by atoms with Crippen LogP contribution in [0.4, 0.5) is 0 Å². The normalized spacial score (nSPS) is 18.1. The first-order valence-corrected chi connectivity index (χ1v) is 11.6. The van der Waals surface area contributed by atoms with Gasteiger partial charge in [-0.05, 0) is 30.5 Å². The molecule has 9 nitrogen and oxygen atoms in total. The highest BCUT2D eigenvalue weighted by Crippen LogP contribution is 2.18. The number of carbonyl (C=O) groups is 3. The number of ether oxygens (including phenoxy) is 1. The van der Waals surface area contributed by atoms with Gasteiger partial charge in [0.15, 0.2) is 0 Å². The number of sulfonamides is 1. The third-order valence-electron chi connectivity index (χ3n) is 5.21. The Balaban J connectivity index is 1.39. The Kier molecular flexibility index (Phi) is 7.57. The van der Waals surface area contributed by atoms with Crippen molar-refractivity contribution in [2.75, 3.05) is 39.4 Å². The van der Waals surface area contributed by atoms with E-state index in [2.05, 4.69) is 5.32 Å². The highest BCUT2D eigenvalue weighted by molar-refractivity contribution is 7.89. The van der Waals surface area contributed by atoms with E-state index >= 15 is 0 Å². The van der Waals surface area contributed by atoms with Gasteiger partial charge in [0, 0.05) is 45.4 Å². The van der Waals surface area contributed by atoms with E-state index in [1.807, 2.05) is 0 Å². The first kappa shape index (κ1) is 22.4. The van der Waals surface area contributed by atoms with E-state index in [4.69, 9.17) is 4.74 Å². The van der Waals surface area contributed by atoms with E-state index in [1.54, 1.807) is 24.3 Å². The van der Waals surface area contributed by atoms with Crippen molar-refractivity contribution in [3.8, 4) is 0 Å². The van der Waals surface area contributed by atoms with Crippen molar-refractivity contribution in [2.24, 2.45) is 0 Å². The minimum absolute atomic E-state index is 0.126. The van der Waals surface area contributed by atoms with Gasteiger partial charge in [-0.2, -0.15) is 4.31 Å². The summed E-state index contributed by atoms with van der Waals surface area (Å²) in [5.41, 5.74) is 0.874. The average Bonchev–Trinajstić information content (AvgIpc) is 3.08. The number of morpholine rings is 1. The van der Waals surface area contributed by atoms with Gasteiger partial charge in [0.05, 0.1) is 18.1 Å². The van der Waals surface area contributed by atoms with Crippen molar-refractivity contribution in [3.63, 3.8) is 0 Å². The lowest BCUT2D eigenvalue weighted by molar-refractivity contribution is -0.138. The number of likely N-dealkylation sites (tertiary alicyclic amines) is 1. The van der Waals surface area contributed by atoms with Crippen LogP contribution in [0.5, 0.6) is 0 Å². The first-order valence-electron chi connectivity index (χ1n) is 10.1. The number of hydrogen-bond donors (Lipinski definition) is 1. The van der Waals surface area contributed by atoms with Crippen molar-refractivity contribution in [1.82, 2.24) is 14.5 Å². The standard InChI is InChI=1S/C20H27N3O6S/c24-18(21-10-1-11-23-19(25)8-9-20(23)26)7-4-16-2-5-17(6-3-16)30(27,28)22-12-14-29-15-13-22/h2-3,5-6H,1,4,7-15H2,(H,21,24). The van der Waals surface area contributed by atoms with Gasteiger partial charge < -0.3 is 10.1 Å². The molecule has 0 aliphatic carbocycles. The molecule has 2 aliphatic heterocycles. The van der Waals surface area contributed by atoms with Crippen LogP contribution in [0, 0.1) is 0 Å². The summed E-state index contributed by atoms with van der Waals surface area (Å²) in [5, 5.41) is 2.78. The van der Waals surface area contributed by atoms with Gasteiger partial charge >= 0.3 is 0 Å².